The quantitative estimate of drug-likeness (QED) is 0.872. The molecule has 2 unspecified atom stereocenters. The Labute approximate surface area is 115 Å². The topological polar surface area (TPSA) is 54.0 Å². The van der Waals surface area contributed by atoms with Crippen molar-refractivity contribution in [3.8, 4) is 0 Å². The van der Waals surface area contributed by atoms with E-state index < -0.39 is 0 Å². The Bertz CT molecular complexity index is 413. The number of carbonyl (C=O) groups is 1. The first-order valence-electron chi connectivity index (χ1n) is 7.10. The van der Waals surface area contributed by atoms with Crippen LogP contribution in [0, 0.1) is 5.41 Å². The standard InChI is InChI=1S/C15H23N3O/c1-3-15(8-6-9-16-11-15)14(19)18-12(2)13-7-4-5-10-17-13/h4-5,7,10,12,16H,3,6,8-9,11H2,1-2H3,(H,18,19). The molecule has 0 spiro atoms. The molecule has 0 aromatic carbocycles. The van der Waals surface area contributed by atoms with Crippen molar-refractivity contribution in [2.24, 2.45) is 5.41 Å². The fourth-order valence-corrected chi connectivity index (χ4v) is 2.68. The van der Waals surface area contributed by atoms with Gasteiger partial charge in [-0.1, -0.05) is 13.0 Å². The molecule has 2 rings (SSSR count). The number of rotatable bonds is 4. The predicted octanol–water partition coefficient (Wildman–Crippen LogP) is 2.04. The van der Waals surface area contributed by atoms with Gasteiger partial charge in [0.25, 0.3) is 0 Å². The average Bonchev–Trinajstić information content (AvgIpc) is 2.48. The molecule has 4 heteroatoms. The molecule has 1 aliphatic heterocycles. The molecule has 2 heterocycles. The number of carbonyl (C=O) groups excluding carboxylic acids is 1. The van der Waals surface area contributed by atoms with E-state index in [2.05, 4.69) is 22.5 Å². The van der Waals surface area contributed by atoms with Crippen LogP contribution in [0.1, 0.15) is 44.8 Å². The van der Waals surface area contributed by atoms with Gasteiger partial charge in [0.2, 0.25) is 5.91 Å². The summed E-state index contributed by atoms with van der Waals surface area (Å²) in [7, 11) is 0. The molecule has 19 heavy (non-hydrogen) atoms. The first-order chi connectivity index (χ1) is 9.18. The molecule has 1 amide bonds. The minimum absolute atomic E-state index is 0.0425. The highest BCUT2D eigenvalue weighted by Crippen LogP contribution is 2.31. The lowest BCUT2D eigenvalue weighted by Gasteiger charge is -2.36. The van der Waals surface area contributed by atoms with Crippen LogP contribution in [0.25, 0.3) is 0 Å². The molecule has 0 radical (unpaired) electrons. The first kappa shape index (κ1) is 14.0. The maximum Gasteiger partial charge on any atom is 0.228 e. The lowest BCUT2D eigenvalue weighted by molar-refractivity contribution is -0.133. The third-order valence-corrected chi connectivity index (χ3v) is 4.11. The molecule has 0 saturated carbocycles. The van der Waals surface area contributed by atoms with Gasteiger partial charge >= 0.3 is 0 Å². The molecule has 1 aromatic rings. The molecule has 4 nitrogen and oxygen atoms in total. The lowest BCUT2D eigenvalue weighted by atomic mass is 9.77. The number of hydrogen-bond donors (Lipinski definition) is 2. The Morgan fingerprint density at radius 1 is 1.58 bits per heavy atom. The third-order valence-electron chi connectivity index (χ3n) is 4.11. The number of amides is 1. The predicted molar refractivity (Wildman–Crippen MR) is 75.6 cm³/mol. The van der Waals surface area contributed by atoms with Gasteiger partial charge < -0.3 is 10.6 Å². The van der Waals surface area contributed by atoms with Crippen molar-refractivity contribution in [3.63, 3.8) is 0 Å². The largest absolute Gasteiger partial charge is 0.347 e. The second kappa shape index (κ2) is 6.15. The van der Waals surface area contributed by atoms with Crippen LogP contribution in [0.15, 0.2) is 24.4 Å². The van der Waals surface area contributed by atoms with Gasteiger partial charge in [-0.15, -0.1) is 0 Å². The maximum atomic E-state index is 12.6. The van der Waals surface area contributed by atoms with Gasteiger partial charge in [0.1, 0.15) is 0 Å². The summed E-state index contributed by atoms with van der Waals surface area (Å²) < 4.78 is 0. The van der Waals surface area contributed by atoms with E-state index in [-0.39, 0.29) is 17.4 Å². The summed E-state index contributed by atoms with van der Waals surface area (Å²) in [5, 5.41) is 6.46. The minimum Gasteiger partial charge on any atom is -0.347 e. The van der Waals surface area contributed by atoms with Gasteiger partial charge in [0.05, 0.1) is 17.2 Å². The summed E-state index contributed by atoms with van der Waals surface area (Å²) in [6.07, 6.45) is 4.67. The summed E-state index contributed by atoms with van der Waals surface area (Å²) in [6, 6.07) is 5.74. The Hall–Kier alpha value is -1.42. The van der Waals surface area contributed by atoms with Crippen molar-refractivity contribution in [3.05, 3.63) is 30.1 Å². The number of aromatic nitrogens is 1. The molecule has 104 valence electrons. The summed E-state index contributed by atoms with van der Waals surface area (Å²) in [6.45, 7) is 5.88. The monoisotopic (exact) mass is 261 g/mol. The maximum absolute atomic E-state index is 12.6. The smallest absolute Gasteiger partial charge is 0.228 e. The van der Waals surface area contributed by atoms with Crippen LogP contribution in [-0.2, 0) is 4.79 Å². The van der Waals surface area contributed by atoms with E-state index in [1.165, 1.54) is 0 Å². The Balaban J connectivity index is 2.03. The average molecular weight is 261 g/mol. The van der Waals surface area contributed by atoms with E-state index in [9.17, 15) is 4.79 Å². The molecule has 1 saturated heterocycles. The minimum atomic E-state index is -0.249. The zero-order valence-corrected chi connectivity index (χ0v) is 11.8. The SMILES string of the molecule is CCC1(C(=O)NC(C)c2ccccn2)CCCNC1. The molecular formula is C15H23N3O. The van der Waals surface area contributed by atoms with Gasteiger partial charge in [-0.2, -0.15) is 0 Å². The van der Waals surface area contributed by atoms with E-state index in [0.29, 0.717) is 0 Å². The normalized spacial score (nSPS) is 24.7. The van der Waals surface area contributed by atoms with E-state index in [1.807, 2.05) is 25.1 Å². The summed E-state index contributed by atoms with van der Waals surface area (Å²) >= 11 is 0. The summed E-state index contributed by atoms with van der Waals surface area (Å²) in [5.41, 5.74) is 0.659. The number of nitrogens with one attached hydrogen (secondary N) is 2. The van der Waals surface area contributed by atoms with Crippen LogP contribution in [0.5, 0.6) is 0 Å². The van der Waals surface area contributed by atoms with Gasteiger partial charge in [-0.25, -0.2) is 0 Å². The van der Waals surface area contributed by atoms with Crippen molar-refractivity contribution in [2.45, 2.75) is 39.2 Å². The molecular weight excluding hydrogens is 238 g/mol. The molecule has 0 bridgehead atoms. The van der Waals surface area contributed by atoms with Crippen molar-refractivity contribution in [1.29, 1.82) is 0 Å². The van der Waals surface area contributed by atoms with Crippen LogP contribution < -0.4 is 10.6 Å². The number of hydrogen-bond acceptors (Lipinski definition) is 3. The molecule has 1 fully saturated rings. The third kappa shape index (κ3) is 3.13. The van der Waals surface area contributed by atoms with Gasteiger partial charge in [0, 0.05) is 12.7 Å². The van der Waals surface area contributed by atoms with E-state index in [4.69, 9.17) is 0 Å². The van der Waals surface area contributed by atoms with Crippen molar-refractivity contribution in [2.75, 3.05) is 13.1 Å². The number of nitrogens with zero attached hydrogens (tertiary/aromatic N) is 1. The Morgan fingerprint density at radius 3 is 3.00 bits per heavy atom. The number of pyridine rings is 1. The fraction of sp³-hybridized carbons (Fsp3) is 0.600. The second-order valence-electron chi connectivity index (χ2n) is 5.36. The second-order valence-corrected chi connectivity index (χ2v) is 5.36. The van der Waals surface area contributed by atoms with Crippen LogP contribution in [0.2, 0.25) is 0 Å². The molecule has 1 aliphatic rings. The Kier molecular flexibility index (Phi) is 4.53. The van der Waals surface area contributed by atoms with Crippen molar-refractivity contribution >= 4 is 5.91 Å². The molecule has 1 aromatic heterocycles. The van der Waals surface area contributed by atoms with E-state index in [0.717, 1.165) is 38.0 Å². The zero-order chi connectivity index (χ0) is 13.7. The Morgan fingerprint density at radius 2 is 2.42 bits per heavy atom. The lowest BCUT2D eigenvalue weighted by Crippen LogP contribution is -2.50. The van der Waals surface area contributed by atoms with Crippen LogP contribution >= 0.6 is 0 Å². The van der Waals surface area contributed by atoms with Crippen LogP contribution in [0.4, 0.5) is 0 Å². The highest BCUT2D eigenvalue weighted by atomic mass is 16.2. The summed E-state index contributed by atoms with van der Waals surface area (Å²) in [4.78, 5) is 16.9. The highest BCUT2D eigenvalue weighted by molar-refractivity contribution is 5.83. The molecule has 2 atom stereocenters. The summed E-state index contributed by atoms with van der Waals surface area (Å²) in [5.74, 6) is 0.153. The van der Waals surface area contributed by atoms with Crippen LogP contribution in [-0.4, -0.2) is 24.0 Å². The van der Waals surface area contributed by atoms with Gasteiger partial charge in [-0.05, 0) is 44.9 Å². The van der Waals surface area contributed by atoms with Crippen LogP contribution in [0.3, 0.4) is 0 Å². The first-order valence-corrected chi connectivity index (χ1v) is 7.10. The molecule has 0 aliphatic carbocycles. The number of piperidine rings is 1. The van der Waals surface area contributed by atoms with Gasteiger partial charge in [0.15, 0.2) is 0 Å². The van der Waals surface area contributed by atoms with E-state index >= 15 is 0 Å². The van der Waals surface area contributed by atoms with Crippen molar-refractivity contribution in [1.82, 2.24) is 15.6 Å². The van der Waals surface area contributed by atoms with Gasteiger partial charge in [-0.3, -0.25) is 9.78 Å². The van der Waals surface area contributed by atoms with Crippen molar-refractivity contribution < 1.29 is 4.79 Å². The fourth-order valence-electron chi connectivity index (χ4n) is 2.68. The highest BCUT2D eigenvalue weighted by Gasteiger charge is 2.38. The zero-order valence-electron chi connectivity index (χ0n) is 11.8. The molecule has 2 N–H and O–H groups in total. The van der Waals surface area contributed by atoms with E-state index in [1.54, 1.807) is 6.20 Å².